The minimum absolute atomic E-state index is 0.910. The van der Waals surface area contributed by atoms with Crippen LogP contribution in [0, 0.1) is 0 Å². The van der Waals surface area contributed by atoms with Crippen LogP contribution in [0.25, 0.3) is 5.57 Å². The van der Waals surface area contributed by atoms with Gasteiger partial charge in [-0.25, -0.2) is 0 Å². The monoisotopic (exact) mass is 158 g/mol. The van der Waals surface area contributed by atoms with Crippen molar-refractivity contribution in [2.24, 2.45) is 4.99 Å². The number of aliphatic imine (C=N–C) groups is 1. The molecular weight excluding hydrogens is 148 g/mol. The second-order valence-electron chi connectivity index (χ2n) is 2.64. The molecule has 2 heterocycles. The molecule has 0 radical (unpaired) electrons. The third kappa shape index (κ3) is 1.37. The normalized spacial score (nSPS) is 15.8. The molecule has 1 aromatic rings. The summed E-state index contributed by atoms with van der Waals surface area (Å²) in [7, 11) is 0. The summed E-state index contributed by atoms with van der Waals surface area (Å²) >= 11 is 0. The van der Waals surface area contributed by atoms with Crippen LogP contribution in [0.5, 0.6) is 0 Å². The van der Waals surface area contributed by atoms with Gasteiger partial charge in [0, 0.05) is 31.2 Å². The van der Waals surface area contributed by atoms with Crippen molar-refractivity contribution in [2.75, 3.05) is 0 Å². The number of nitrogens with one attached hydrogen (secondary N) is 1. The van der Waals surface area contributed by atoms with E-state index < -0.39 is 0 Å². The highest BCUT2D eigenvalue weighted by atomic mass is 14.7. The van der Waals surface area contributed by atoms with E-state index in [-0.39, 0.29) is 0 Å². The van der Waals surface area contributed by atoms with Crippen molar-refractivity contribution in [1.29, 1.82) is 0 Å². The number of nitrogens with zero attached hydrogens (tertiary/aromatic N) is 1. The molecule has 1 N–H and O–H groups in total. The zero-order valence-corrected chi connectivity index (χ0v) is 6.70. The van der Waals surface area contributed by atoms with Gasteiger partial charge in [0.25, 0.3) is 0 Å². The van der Waals surface area contributed by atoms with Gasteiger partial charge in [0.2, 0.25) is 0 Å². The number of hydrogen-bond donors (Lipinski definition) is 1. The highest BCUT2D eigenvalue weighted by molar-refractivity contribution is 5.78. The fourth-order valence-electron chi connectivity index (χ4n) is 1.21. The zero-order chi connectivity index (χ0) is 8.23. The maximum Gasteiger partial charge on any atom is 0.0270 e. The second kappa shape index (κ2) is 3.22. The van der Waals surface area contributed by atoms with E-state index in [1.54, 1.807) is 0 Å². The maximum atomic E-state index is 4.06. The minimum Gasteiger partial charge on any atom is -0.367 e. The van der Waals surface area contributed by atoms with Gasteiger partial charge in [-0.2, -0.15) is 0 Å². The molecule has 0 atom stereocenters. The van der Waals surface area contributed by atoms with Crippen molar-refractivity contribution in [3.63, 3.8) is 0 Å². The summed E-state index contributed by atoms with van der Waals surface area (Å²) in [6, 6.07) is 2.06. The average Bonchev–Trinajstić information content (AvgIpc) is 2.48. The summed E-state index contributed by atoms with van der Waals surface area (Å²) in [6.45, 7) is 0. The van der Waals surface area contributed by atoms with Crippen LogP contribution in [0.15, 0.2) is 41.8 Å². The Balaban J connectivity index is 2.30. The van der Waals surface area contributed by atoms with Crippen LogP contribution in [0.3, 0.4) is 0 Å². The Bertz CT molecular complexity index is 329. The predicted octanol–water partition coefficient (Wildman–Crippen LogP) is 2.39. The quantitative estimate of drug-likeness (QED) is 0.650. The van der Waals surface area contributed by atoms with Gasteiger partial charge in [0.1, 0.15) is 0 Å². The molecule has 1 aliphatic heterocycles. The summed E-state index contributed by atoms with van der Waals surface area (Å²) in [6.07, 6.45) is 12.7. The summed E-state index contributed by atoms with van der Waals surface area (Å²) in [5, 5.41) is 0. The molecule has 0 spiro atoms. The highest BCUT2D eigenvalue weighted by Gasteiger charge is 1.97. The first-order chi connectivity index (χ1) is 5.97. The molecule has 60 valence electrons. The highest BCUT2D eigenvalue weighted by Crippen LogP contribution is 2.16. The van der Waals surface area contributed by atoms with Crippen LogP contribution in [0.1, 0.15) is 12.0 Å². The number of H-pyrrole nitrogens is 1. The zero-order valence-electron chi connectivity index (χ0n) is 6.70. The number of aromatic amines is 1. The summed E-state index contributed by atoms with van der Waals surface area (Å²) < 4.78 is 0. The van der Waals surface area contributed by atoms with E-state index in [0.717, 1.165) is 6.42 Å². The van der Waals surface area contributed by atoms with E-state index in [0.29, 0.717) is 0 Å². The summed E-state index contributed by atoms with van der Waals surface area (Å²) in [5.41, 5.74) is 2.45. The largest absolute Gasteiger partial charge is 0.367 e. The molecule has 0 unspecified atom stereocenters. The summed E-state index contributed by atoms with van der Waals surface area (Å²) in [4.78, 5) is 7.10. The first-order valence-electron chi connectivity index (χ1n) is 3.98. The lowest BCUT2D eigenvalue weighted by atomic mass is 10.1. The Morgan fingerprint density at radius 1 is 1.42 bits per heavy atom. The molecule has 0 fully saturated rings. The van der Waals surface area contributed by atoms with E-state index >= 15 is 0 Å². The molecule has 12 heavy (non-hydrogen) atoms. The lowest BCUT2D eigenvalue weighted by Gasteiger charge is -1.94. The molecule has 1 aromatic heterocycles. The van der Waals surface area contributed by atoms with Gasteiger partial charge >= 0.3 is 0 Å². The molecule has 0 amide bonds. The smallest absolute Gasteiger partial charge is 0.0270 e. The van der Waals surface area contributed by atoms with Crippen LogP contribution in [0.4, 0.5) is 0 Å². The fourth-order valence-corrected chi connectivity index (χ4v) is 1.21. The number of aromatic nitrogens is 1. The van der Waals surface area contributed by atoms with Gasteiger partial charge < -0.3 is 4.98 Å². The topological polar surface area (TPSA) is 28.1 Å². The van der Waals surface area contributed by atoms with Crippen molar-refractivity contribution in [2.45, 2.75) is 6.42 Å². The number of hydrogen-bond acceptors (Lipinski definition) is 1. The molecule has 2 rings (SSSR count). The Morgan fingerprint density at radius 3 is 3.25 bits per heavy atom. The van der Waals surface area contributed by atoms with E-state index in [9.17, 15) is 0 Å². The van der Waals surface area contributed by atoms with Gasteiger partial charge in [-0.05, 0) is 23.3 Å². The SMILES string of the molecule is C1=CC(c2cc[nH]c2)=CCC=N1. The molecule has 2 nitrogen and oxygen atoms in total. The molecule has 0 saturated carbocycles. The van der Waals surface area contributed by atoms with Gasteiger partial charge in [-0.3, -0.25) is 4.99 Å². The van der Waals surface area contributed by atoms with E-state index in [1.807, 2.05) is 30.9 Å². The van der Waals surface area contributed by atoms with E-state index in [2.05, 4.69) is 22.1 Å². The van der Waals surface area contributed by atoms with Crippen molar-refractivity contribution < 1.29 is 0 Å². The average molecular weight is 158 g/mol. The molecule has 0 aromatic carbocycles. The predicted molar refractivity (Wildman–Crippen MR) is 51.0 cm³/mol. The molecule has 0 saturated heterocycles. The van der Waals surface area contributed by atoms with Crippen LogP contribution in [-0.2, 0) is 0 Å². The van der Waals surface area contributed by atoms with Crippen molar-refractivity contribution in [1.82, 2.24) is 4.98 Å². The Kier molecular flexibility index (Phi) is 1.90. The molecule has 1 aliphatic rings. The minimum atomic E-state index is 0.910. The second-order valence-corrected chi connectivity index (χ2v) is 2.64. The molecular formula is C10H10N2. The Labute approximate surface area is 71.3 Å². The third-order valence-corrected chi connectivity index (χ3v) is 1.82. The standard InChI is InChI=1S/C10H10N2/c1-2-9(3-6-11-5-1)10-4-7-12-8-10/h2-8,12H,1H2. The van der Waals surface area contributed by atoms with Crippen LogP contribution < -0.4 is 0 Å². The lowest BCUT2D eigenvalue weighted by molar-refractivity contribution is 1.41. The molecule has 0 aliphatic carbocycles. The van der Waals surface area contributed by atoms with Gasteiger partial charge in [0.05, 0.1) is 0 Å². The number of rotatable bonds is 1. The number of allylic oxidation sites excluding steroid dienone is 3. The Hall–Kier alpha value is -1.57. The Morgan fingerprint density at radius 2 is 2.42 bits per heavy atom. The maximum absolute atomic E-state index is 4.06. The van der Waals surface area contributed by atoms with Crippen LogP contribution in [0.2, 0.25) is 0 Å². The van der Waals surface area contributed by atoms with E-state index in [1.165, 1.54) is 11.1 Å². The van der Waals surface area contributed by atoms with Crippen LogP contribution in [-0.4, -0.2) is 11.2 Å². The third-order valence-electron chi connectivity index (χ3n) is 1.82. The molecule has 2 heteroatoms. The lowest BCUT2D eigenvalue weighted by Crippen LogP contribution is -1.75. The van der Waals surface area contributed by atoms with Gasteiger partial charge in [-0.1, -0.05) is 6.08 Å². The van der Waals surface area contributed by atoms with Crippen molar-refractivity contribution >= 4 is 11.8 Å². The first kappa shape index (κ1) is 7.10. The van der Waals surface area contributed by atoms with Crippen molar-refractivity contribution in [3.05, 3.63) is 42.4 Å². The molecule has 0 bridgehead atoms. The first-order valence-corrected chi connectivity index (χ1v) is 3.98. The van der Waals surface area contributed by atoms with Gasteiger partial charge in [0.15, 0.2) is 0 Å². The summed E-state index contributed by atoms with van der Waals surface area (Å²) in [5.74, 6) is 0. The fraction of sp³-hybridized carbons (Fsp3) is 0.100. The van der Waals surface area contributed by atoms with Crippen molar-refractivity contribution in [3.8, 4) is 0 Å². The van der Waals surface area contributed by atoms with Crippen LogP contribution >= 0.6 is 0 Å². The van der Waals surface area contributed by atoms with E-state index in [4.69, 9.17) is 0 Å². The van der Waals surface area contributed by atoms with Gasteiger partial charge in [-0.15, -0.1) is 0 Å².